The van der Waals surface area contributed by atoms with Gasteiger partial charge in [0.1, 0.15) is 0 Å². The molecular weight excluding hydrogens is 260 g/mol. The van der Waals surface area contributed by atoms with Gasteiger partial charge in [-0.1, -0.05) is 17.7 Å². The third kappa shape index (κ3) is 2.96. The summed E-state index contributed by atoms with van der Waals surface area (Å²) in [5.41, 5.74) is 3.12. The summed E-state index contributed by atoms with van der Waals surface area (Å²) >= 11 is 6.35. The van der Waals surface area contributed by atoms with Crippen molar-refractivity contribution in [1.29, 1.82) is 0 Å². The second kappa shape index (κ2) is 6.17. The van der Waals surface area contributed by atoms with Crippen molar-refractivity contribution in [3.63, 3.8) is 0 Å². The van der Waals surface area contributed by atoms with Crippen LogP contribution in [-0.4, -0.2) is 21.8 Å². The molecule has 102 valence electrons. The lowest BCUT2D eigenvalue weighted by Gasteiger charge is -2.17. The Kier molecular flexibility index (Phi) is 4.56. The third-order valence-corrected chi connectivity index (χ3v) is 3.78. The molecule has 0 saturated carbocycles. The highest BCUT2D eigenvalue weighted by molar-refractivity contribution is 6.31. The van der Waals surface area contributed by atoms with E-state index in [0.29, 0.717) is 0 Å². The number of pyridine rings is 1. The van der Waals surface area contributed by atoms with Gasteiger partial charge in [-0.2, -0.15) is 5.10 Å². The second-order valence-electron chi connectivity index (χ2n) is 4.49. The van der Waals surface area contributed by atoms with Gasteiger partial charge in [-0.25, -0.2) is 0 Å². The van der Waals surface area contributed by atoms with Crippen molar-refractivity contribution < 1.29 is 0 Å². The highest BCUT2D eigenvalue weighted by Crippen LogP contribution is 2.25. The van der Waals surface area contributed by atoms with E-state index in [4.69, 9.17) is 11.6 Å². The Labute approximate surface area is 118 Å². The van der Waals surface area contributed by atoms with Gasteiger partial charge in [-0.05, 0) is 32.5 Å². The molecule has 0 aromatic carbocycles. The summed E-state index contributed by atoms with van der Waals surface area (Å²) in [5, 5.41) is 8.54. The molecule has 5 heteroatoms. The summed E-state index contributed by atoms with van der Waals surface area (Å²) in [6.45, 7) is 4.84. The monoisotopic (exact) mass is 278 g/mol. The number of halogens is 1. The zero-order chi connectivity index (χ0) is 13.8. The lowest BCUT2D eigenvalue weighted by molar-refractivity contribution is 0.540. The largest absolute Gasteiger partial charge is 0.313 e. The SMILES string of the molecule is CCn1nc(C)c(Cl)c1CC(NC)c1cccnc1. The van der Waals surface area contributed by atoms with E-state index in [1.54, 1.807) is 6.20 Å². The molecule has 1 N–H and O–H groups in total. The molecule has 2 heterocycles. The third-order valence-electron chi connectivity index (χ3n) is 3.29. The van der Waals surface area contributed by atoms with Crippen molar-refractivity contribution in [2.75, 3.05) is 7.05 Å². The van der Waals surface area contributed by atoms with Crippen molar-refractivity contribution >= 4 is 11.6 Å². The molecule has 2 aromatic rings. The Bertz CT molecular complexity index is 536. The van der Waals surface area contributed by atoms with E-state index in [1.165, 1.54) is 0 Å². The topological polar surface area (TPSA) is 42.7 Å². The fourth-order valence-electron chi connectivity index (χ4n) is 2.23. The number of hydrogen-bond donors (Lipinski definition) is 1. The molecule has 19 heavy (non-hydrogen) atoms. The molecule has 2 rings (SSSR count). The second-order valence-corrected chi connectivity index (χ2v) is 4.87. The maximum atomic E-state index is 6.35. The highest BCUT2D eigenvalue weighted by Gasteiger charge is 2.18. The number of aromatic nitrogens is 3. The standard InChI is InChI=1S/C14H19ClN4/c1-4-19-13(14(15)10(2)18-19)8-12(16-3)11-6-5-7-17-9-11/h5-7,9,12,16H,4,8H2,1-3H3. The van der Waals surface area contributed by atoms with E-state index in [1.807, 2.05) is 30.9 Å². The number of aryl methyl sites for hydroxylation is 2. The number of likely N-dealkylation sites (N-methyl/N-ethyl adjacent to an activating group) is 1. The molecule has 0 spiro atoms. The molecule has 0 radical (unpaired) electrons. The van der Waals surface area contributed by atoms with Crippen LogP contribution in [0.2, 0.25) is 5.02 Å². The average molecular weight is 279 g/mol. The van der Waals surface area contributed by atoms with Gasteiger partial charge in [0.25, 0.3) is 0 Å². The fraction of sp³-hybridized carbons (Fsp3) is 0.429. The Morgan fingerprint density at radius 1 is 1.47 bits per heavy atom. The van der Waals surface area contributed by atoms with Crippen LogP contribution in [0.1, 0.15) is 29.9 Å². The smallest absolute Gasteiger partial charge is 0.0847 e. The number of nitrogens with one attached hydrogen (secondary N) is 1. The molecule has 4 nitrogen and oxygen atoms in total. The van der Waals surface area contributed by atoms with Crippen molar-refractivity contribution in [2.45, 2.75) is 32.9 Å². The first-order chi connectivity index (χ1) is 9.17. The minimum absolute atomic E-state index is 0.188. The normalized spacial score (nSPS) is 12.6. The van der Waals surface area contributed by atoms with E-state index < -0.39 is 0 Å². The molecule has 0 aliphatic heterocycles. The molecule has 0 aliphatic carbocycles. The van der Waals surface area contributed by atoms with Crippen LogP contribution >= 0.6 is 11.6 Å². The fourth-order valence-corrected chi connectivity index (χ4v) is 2.44. The van der Waals surface area contributed by atoms with Gasteiger partial charge in [0.2, 0.25) is 0 Å². The first-order valence-electron chi connectivity index (χ1n) is 6.46. The first-order valence-corrected chi connectivity index (χ1v) is 6.84. The van der Waals surface area contributed by atoms with Gasteiger partial charge in [0, 0.05) is 31.4 Å². The molecule has 0 saturated heterocycles. The van der Waals surface area contributed by atoms with E-state index >= 15 is 0 Å². The van der Waals surface area contributed by atoms with Crippen LogP contribution in [0.3, 0.4) is 0 Å². The van der Waals surface area contributed by atoms with Crippen molar-refractivity contribution in [1.82, 2.24) is 20.1 Å². The van der Waals surface area contributed by atoms with Gasteiger partial charge >= 0.3 is 0 Å². The predicted molar refractivity (Wildman–Crippen MR) is 77.4 cm³/mol. The van der Waals surface area contributed by atoms with Crippen LogP contribution in [0, 0.1) is 6.92 Å². The minimum Gasteiger partial charge on any atom is -0.313 e. The Balaban J connectivity index is 2.29. The molecular formula is C14H19ClN4. The number of nitrogens with zero attached hydrogens (tertiary/aromatic N) is 3. The zero-order valence-electron chi connectivity index (χ0n) is 11.5. The summed E-state index contributed by atoms with van der Waals surface area (Å²) in [6.07, 6.45) is 4.47. The Hall–Kier alpha value is -1.39. The molecule has 0 amide bonds. The molecule has 1 atom stereocenters. The Morgan fingerprint density at radius 2 is 2.26 bits per heavy atom. The van der Waals surface area contributed by atoms with E-state index in [2.05, 4.69) is 28.4 Å². The van der Waals surface area contributed by atoms with Gasteiger partial charge in [-0.3, -0.25) is 9.67 Å². The molecule has 0 fully saturated rings. The minimum atomic E-state index is 0.188. The van der Waals surface area contributed by atoms with Gasteiger partial charge in [0.05, 0.1) is 16.4 Å². The summed E-state index contributed by atoms with van der Waals surface area (Å²) in [4.78, 5) is 4.17. The van der Waals surface area contributed by atoms with Crippen LogP contribution in [0.15, 0.2) is 24.5 Å². The maximum absolute atomic E-state index is 6.35. The molecule has 2 aromatic heterocycles. The van der Waals surface area contributed by atoms with Gasteiger partial charge < -0.3 is 5.32 Å². The van der Waals surface area contributed by atoms with Crippen LogP contribution in [0.4, 0.5) is 0 Å². The number of hydrogen-bond acceptors (Lipinski definition) is 3. The highest BCUT2D eigenvalue weighted by atomic mass is 35.5. The van der Waals surface area contributed by atoms with E-state index in [-0.39, 0.29) is 6.04 Å². The lowest BCUT2D eigenvalue weighted by Crippen LogP contribution is -2.20. The molecule has 1 unspecified atom stereocenters. The van der Waals surface area contributed by atoms with Crippen LogP contribution in [0.25, 0.3) is 0 Å². The average Bonchev–Trinajstić information content (AvgIpc) is 2.72. The van der Waals surface area contributed by atoms with Crippen molar-refractivity contribution in [2.24, 2.45) is 0 Å². The van der Waals surface area contributed by atoms with Gasteiger partial charge in [0.15, 0.2) is 0 Å². The maximum Gasteiger partial charge on any atom is 0.0847 e. The first kappa shape index (κ1) is 14.0. The Morgan fingerprint density at radius 3 is 2.84 bits per heavy atom. The van der Waals surface area contributed by atoms with Crippen LogP contribution < -0.4 is 5.32 Å². The van der Waals surface area contributed by atoms with Gasteiger partial charge in [-0.15, -0.1) is 0 Å². The number of rotatable bonds is 5. The molecule has 0 bridgehead atoms. The van der Waals surface area contributed by atoms with E-state index in [0.717, 1.165) is 34.9 Å². The quantitative estimate of drug-likeness (QED) is 0.914. The summed E-state index contributed by atoms with van der Waals surface area (Å²) in [5.74, 6) is 0. The van der Waals surface area contributed by atoms with Crippen molar-refractivity contribution in [3.8, 4) is 0 Å². The zero-order valence-corrected chi connectivity index (χ0v) is 12.3. The van der Waals surface area contributed by atoms with E-state index in [9.17, 15) is 0 Å². The molecule has 0 aliphatic rings. The van der Waals surface area contributed by atoms with Crippen molar-refractivity contribution in [3.05, 3.63) is 46.5 Å². The van der Waals surface area contributed by atoms with Crippen LogP contribution in [-0.2, 0) is 13.0 Å². The van der Waals surface area contributed by atoms with Crippen LogP contribution in [0.5, 0.6) is 0 Å². The predicted octanol–water partition coefficient (Wildman–Crippen LogP) is 2.76. The summed E-state index contributed by atoms with van der Waals surface area (Å²) < 4.78 is 1.97. The summed E-state index contributed by atoms with van der Waals surface area (Å²) in [7, 11) is 1.95. The lowest BCUT2D eigenvalue weighted by atomic mass is 10.0. The summed E-state index contributed by atoms with van der Waals surface area (Å²) in [6, 6.07) is 4.21.